The molecule has 14 rings (SSSR count). The van der Waals surface area contributed by atoms with Crippen LogP contribution >= 0.6 is 0 Å². The van der Waals surface area contributed by atoms with E-state index in [2.05, 4.69) is 96.1 Å². The van der Waals surface area contributed by atoms with E-state index in [0.29, 0.717) is 47.2 Å². The predicted molar refractivity (Wildman–Crippen MR) is 333 cm³/mol. The standard InChI is InChI=1S/C20H19N7O3.C12H13NO2.C11H13NO.C9H10BNO2.C9H8N6O3/c1-24-7-6-14-9-13(3-4-15(14)24)5-8-27-20(29)30-16(23-27)10-26-12-22-18-17(19(26)28)25(2)11-21-18;1-13-6-5-10-7-9(3-4-11(10)13)8-12(14)15-2;1-12-6-4-10-8-9(5-7-13)2-3-11(10)12;1-11-5-4-7-6-8(10(12)13)2-3-9(7)11;1-14-3-10-7-6(14)8(16)15(4-11-7)2-5-12-13-9(17)18-5/h3-4,6-7,9,11-12H,5,8,10H2,1-2H3;3-7H,8H2,1-2H3;2-4,6,8,13H,5,7H2,1H3;2-6,12-13H,1H3;3-4H,2H2,1H3,(H,13,17). The number of aliphatic hydroxyl groups excluding tert-OH is 1. The van der Waals surface area contributed by atoms with E-state index in [0.717, 1.165) is 44.7 Å². The molecule has 27 nitrogen and oxygen atoms in total. The van der Waals surface area contributed by atoms with E-state index in [1.807, 2.05) is 100 Å². The number of fused-ring (bicyclic) bond motifs is 6. The number of hydrogen-bond acceptors (Lipinski definition) is 17. The minimum Gasteiger partial charge on any atom is -0.469 e. The van der Waals surface area contributed by atoms with Gasteiger partial charge in [-0.3, -0.25) is 23.5 Å². The van der Waals surface area contributed by atoms with Gasteiger partial charge in [-0.1, -0.05) is 30.3 Å². The van der Waals surface area contributed by atoms with E-state index < -0.39 is 18.6 Å². The summed E-state index contributed by atoms with van der Waals surface area (Å²) in [5, 5.41) is 41.2. The Hall–Kier alpha value is -11.0. The number of rotatable bonds is 12. The number of carbonyl (C=O) groups excluding carboxylic acids is 1. The van der Waals surface area contributed by atoms with Crippen LogP contribution < -0.4 is 28.1 Å². The molecular weight excluding hydrogens is 1140 g/mol. The maximum atomic E-state index is 12.6. The third-order valence-corrected chi connectivity index (χ3v) is 14.8. The van der Waals surface area contributed by atoms with Gasteiger partial charge in [0.25, 0.3) is 11.1 Å². The van der Waals surface area contributed by atoms with Gasteiger partial charge in [0, 0.05) is 95.7 Å². The maximum Gasteiger partial charge on any atom is 0.488 e. The molecule has 28 heteroatoms. The van der Waals surface area contributed by atoms with Gasteiger partial charge >= 0.3 is 24.6 Å². The largest absolute Gasteiger partial charge is 0.488 e. The van der Waals surface area contributed by atoms with Gasteiger partial charge in [0.2, 0.25) is 11.8 Å². The number of imidazole rings is 2. The monoisotopic (exact) mass is 1210 g/mol. The summed E-state index contributed by atoms with van der Waals surface area (Å²) in [6.07, 6.45) is 15.5. The Morgan fingerprint density at radius 3 is 1.47 bits per heavy atom. The van der Waals surface area contributed by atoms with Gasteiger partial charge in [0.1, 0.15) is 25.7 Å². The molecule has 0 atom stereocenters. The number of aryl methyl sites for hydroxylation is 8. The van der Waals surface area contributed by atoms with Crippen LogP contribution in [0.15, 0.2) is 175 Å². The van der Waals surface area contributed by atoms with Crippen LogP contribution in [-0.4, -0.2) is 118 Å². The highest BCUT2D eigenvalue weighted by molar-refractivity contribution is 6.58. The van der Waals surface area contributed by atoms with Crippen molar-refractivity contribution in [1.29, 1.82) is 0 Å². The van der Waals surface area contributed by atoms with Crippen molar-refractivity contribution in [3.63, 3.8) is 0 Å². The van der Waals surface area contributed by atoms with Crippen molar-refractivity contribution in [3.05, 3.63) is 217 Å². The average Bonchev–Trinajstić information content (AvgIpc) is 3.38. The number of ether oxygens (including phenoxy) is 1. The van der Waals surface area contributed by atoms with Crippen molar-refractivity contribution < 1.29 is 33.5 Å². The number of aliphatic hydroxyl groups is 1. The number of benzene rings is 4. The van der Waals surface area contributed by atoms with Crippen LogP contribution in [0.5, 0.6) is 0 Å². The number of methoxy groups -OCH3 is 1. The van der Waals surface area contributed by atoms with E-state index in [9.17, 15) is 24.0 Å². The first-order chi connectivity index (χ1) is 42.8. The van der Waals surface area contributed by atoms with Crippen molar-refractivity contribution in [1.82, 2.24) is 76.5 Å². The summed E-state index contributed by atoms with van der Waals surface area (Å²) < 4.78 is 29.9. The first-order valence-corrected chi connectivity index (χ1v) is 27.9. The number of esters is 1. The van der Waals surface area contributed by atoms with Gasteiger partial charge in [0.05, 0.1) is 32.7 Å². The summed E-state index contributed by atoms with van der Waals surface area (Å²) in [4.78, 5) is 75.1. The number of hydrogen-bond donors (Lipinski definition) is 4. The topological polar surface area (TPSA) is 319 Å². The highest BCUT2D eigenvalue weighted by Crippen LogP contribution is 2.20. The number of aromatic nitrogens is 16. The Morgan fingerprint density at radius 1 is 0.551 bits per heavy atom. The van der Waals surface area contributed by atoms with E-state index >= 15 is 0 Å². The third kappa shape index (κ3) is 14.0. The van der Waals surface area contributed by atoms with Crippen LogP contribution in [-0.2, 0) is 90.7 Å². The second kappa shape index (κ2) is 26.7. The molecule has 0 aliphatic rings. The molecule has 0 bridgehead atoms. The van der Waals surface area contributed by atoms with Gasteiger partial charge in [-0.05, 0) is 123 Å². The molecule has 0 aliphatic carbocycles. The smallest absolute Gasteiger partial charge is 0.469 e. The Balaban J connectivity index is 0.000000129. The summed E-state index contributed by atoms with van der Waals surface area (Å²) in [7, 11) is 11.5. The molecule has 0 saturated carbocycles. The van der Waals surface area contributed by atoms with Gasteiger partial charge in [-0.25, -0.2) is 34.6 Å². The van der Waals surface area contributed by atoms with E-state index in [1.165, 1.54) is 68.2 Å². The lowest BCUT2D eigenvalue weighted by molar-refractivity contribution is -0.139. The fraction of sp³-hybridized carbons (Fsp3) is 0.230. The zero-order valence-electron chi connectivity index (χ0n) is 49.7. The first kappa shape index (κ1) is 61.1. The van der Waals surface area contributed by atoms with Gasteiger partial charge in [0.15, 0.2) is 22.3 Å². The van der Waals surface area contributed by atoms with Gasteiger partial charge in [-0.15, -0.1) is 10.2 Å². The minimum absolute atomic E-state index is 0.0190. The van der Waals surface area contributed by atoms with E-state index in [4.69, 9.17) is 24.0 Å². The number of carbonyl (C=O) groups is 1. The molecule has 0 saturated heterocycles. The van der Waals surface area contributed by atoms with Crippen molar-refractivity contribution in [2.45, 2.75) is 38.9 Å². The summed E-state index contributed by atoms with van der Waals surface area (Å²) in [5.41, 5.74) is 9.44. The second-order valence-corrected chi connectivity index (χ2v) is 21.0. The third-order valence-electron chi connectivity index (χ3n) is 14.8. The van der Waals surface area contributed by atoms with Crippen LogP contribution in [0.25, 0.3) is 65.9 Å². The Labute approximate surface area is 504 Å². The number of H-pyrrole nitrogens is 1. The molecule has 4 N–H and O–H groups in total. The van der Waals surface area contributed by atoms with Crippen LogP contribution in [0.4, 0.5) is 0 Å². The predicted octanol–water partition coefficient (Wildman–Crippen LogP) is 3.38. The molecule has 14 aromatic rings. The van der Waals surface area contributed by atoms with Gasteiger partial charge < -0.3 is 56.1 Å². The zero-order chi connectivity index (χ0) is 63.0. The molecule has 10 aromatic heterocycles. The minimum atomic E-state index is -1.38. The molecule has 4 aromatic carbocycles. The number of aromatic amines is 1. The summed E-state index contributed by atoms with van der Waals surface area (Å²) >= 11 is 0. The lowest BCUT2D eigenvalue weighted by Crippen LogP contribution is -2.29. The Kier molecular flexibility index (Phi) is 18.4. The maximum absolute atomic E-state index is 12.6. The molecule has 0 radical (unpaired) electrons. The molecule has 10 heterocycles. The van der Waals surface area contributed by atoms with Crippen molar-refractivity contribution in [3.8, 4) is 0 Å². The molecule has 456 valence electrons. The van der Waals surface area contributed by atoms with Gasteiger partial charge in [-0.2, -0.15) is 4.68 Å². The van der Waals surface area contributed by atoms with Crippen molar-refractivity contribution >= 4 is 84.5 Å². The van der Waals surface area contributed by atoms with Crippen molar-refractivity contribution in [2.75, 3.05) is 13.7 Å². The number of nitrogens with zero attached hydrogens (tertiary/aromatic N) is 15. The first-order valence-electron chi connectivity index (χ1n) is 27.9. The van der Waals surface area contributed by atoms with Crippen LogP contribution in [0.1, 0.15) is 28.5 Å². The van der Waals surface area contributed by atoms with Crippen LogP contribution in [0.3, 0.4) is 0 Å². The molecule has 0 amide bonds. The Morgan fingerprint density at radius 2 is 1.00 bits per heavy atom. The molecule has 0 spiro atoms. The average molecular weight is 1210 g/mol. The van der Waals surface area contributed by atoms with E-state index in [-0.39, 0.29) is 48.6 Å². The fourth-order valence-corrected chi connectivity index (χ4v) is 10.0. The molecule has 0 unspecified atom stereocenters. The van der Waals surface area contributed by atoms with Crippen molar-refractivity contribution in [2.24, 2.45) is 42.3 Å². The highest BCUT2D eigenvalue weighted by atomic mass is 16.5. The highest BCUT2D eigenvalue weighted by Gasteiger charge is 2.16. The summed E-state index contributed by atoms with van der Waals surface area (Å²) in [6.45, 7) is 0.657. The fourth-order valence-electron chi connectivity index (χ4n) is 10.0. The molecular formula is C61H63BN16O11. The summed E-state index contributed by atoms with van der Waals surface area (Å²) in [6, 6.07) is 32.0. The quantitative estimate of drug-likeness (QED) is 0.101. The Bertz CT molecular complexity index is 5060. The summed E-state index contributed by atoms with van der Waals surface area (Å²) in [5.74, 6) is -1.14. The van der Waals surface area contributed by atoms with Crippen LogP contribution in [0, 0.1) is 0 Å². The number of nitrogens with one attached hydrogen (secondary N) is 1. The normalized spacial score (nSPS) is 11.1. The van der Waals surface area contributed by atoms with E-state index in [1.54, 1.807) is 35.4 Å². The second-order valence-electron chi connectivity index (χ2n) is 21.0. The lowest BCUT2D eigenvalue weighted by atomic mass is 9.80. The molecule has 0 fully saturated rings. The lowest BCUT2D eigenvalue weighted by Gasteiger charge is -2.03. The SMILES string of the molecule is COC(=O)Cc1ccc2c(ccn2C)c1.Cn1ccc2cc(B(O)O)ccc21.Cn1ccc2cc(CCO)ccc21.Cn1ccc2cc(CCn3nc(Cn4cnc5ncn(C)c5c4=O)oc3=O)ccc21.Cn1cnc2ncn(Cc3n[nH]c(=O)o3)c(=O)c21. The van der Waals surface area contributed by atoms with Crippen LogP contribution in [0.2, 0.25) is 0 Å². The molecule has 89 heavy (non-hydrogen) atoms. The molecule has 0 aliphatic heterocycles. The zero-order valence-corrected chi connectivity index (χ0v) is 49.7.